The Bertz CT molecular complexity index is 461. The van der Waals surface area contributed by atoms with Crippen LogP contribution < -0.4 is 0 Å². The van der Waals surface area contributed by atoms with E-state index in [0.717, 1.165) is 10.4 Å². The number of hydrogen-bond acceptors (Lipinski definition) is 2. The number of thiophene rings is 1. The van der Waals surface area contributed by atoms with Gasteiger partial charge in [0.15, 0.2) is 0 Å². The van der Waals surface area contributed by atoms with Crippen LogP contribution in [-0.2, 0) is 6.42 Å². The lowest BCUT2D eigenvalue weighted by molar-refractivity contribution is 0.182. The van der Waals surface area contributed by atoms with Crippen LogP contribution in [0.2, 0.25) is 5.02 Å². The molecule has 2 aromatic rings. The summed E-state index contributed by atoms with van der Waals surface area (Å²) in [4.78, 5) is 0.922. The SMILES string of the molecule is Cc1ccc(CC(O)c2cc(Cl)cs2)cc1. The highest BCUT2D eigenvalue weighted by Crippen LogP contribution is 2.27. The first-order valence-electron chi connectivity index (χ1n) is 5.12. The molecule has 1 aromatic heterocycles. The summed E-state index contributed by atoms with van der Waals surface area (Å²) < 4.78 is 0. The molecule has 1 heterocycles. The van der Waals surface area contributed by atoms with Gasteiger partial charge in [0.25, 0.3) is 0 Å². The van der Waals surface area contributed by atoms with Gasteiger partial charge in [0, 0.05) is 16.7 Å². The number of aliphatic hydroxyl groups is 1. The maximum Gasteiger partial charge on any atom is 0.0922 e. The van der Waals surface area contributed by atoms with Crippen molar-refractivity contribution in [1.29, 1.82) is 0 Å². The second-order valence-electron chi connectivity index (χ2n) is 3.87. The van der Waals surface area contributed by atoms with Gasteiger partial charge in [0.2, 0.25) is 0 Å². The molecular weight excluding hydrogens is 240 g/mol. The second kappa shape index (κ2) is 5.00. The summed E-state index contributed by atoms with van der Waals surface area (Å²) in [6.07, 6.45) is 0.178. The lowest BCUT2D eigenvalue weighted by atomic mass is 10.1. The standard InChI is InChI=1S/C13H13ClOS/c1-9-2-4-10(5-3-9)6-12(15)13-7-11(14)8-16-13/h2-5,7-8,12,15H,6H2,1H3. The minimum atomic E-state index is -0.458. The van der Waals surface area contributed by atoms with Crippen LogP contribution in [0.5, 0.6) is 0 Å². The summed E-state index contributed by atoms with van der Waals surface area (Å²) in [6, 6.07) is 10.0. The summed E-state index contributed by atoms with van der Waals surface area (Å²) >= 11 is 7.33. The molecule has 0 aliphatic heterocycles. The van der Waals surface area contributed by atoms with Gasteiger partial charge in [-0.25, -0.2) is 0 Å². The molecule has 0 saturated heterocycles. The van der Waals surface area contributed by atoms with E-state index >= 15 is 0 Å². The van der Waals surface area contributed by atoms with E-state index in [4.69, 9.17) is 11.6 Å². The minimum absolute atomic E-state index is 0.458. The molecule has 0 radical (unpaired) electrons. The molecule has 0 spiro atoms. The van der Waals surface area contributed by atoms with Gasteiger partial charge >= 0.3 is 0 Å². The van der Waals surface area contributed by atoms with Crippen LogP contribution in [0.25, 0.3) is 0 Å². The summed E-state index contributed by atoms with van der Waals surface area (Å²) in [7, 11) is 0. The summed E-state index contributed by atoms with van der Waals surface area (Å²) in [5.41, 5.74) is 2.38. The fourth-order valence-corrected chi connectivity index (χ4v) is 2.62. The number of aryl methyl sites for hydroxylation is 1. The van der Waals surface area contributed by atoms with E-state index in [-0.39, 0.29) is 0 Å². The molecule has 3 heteroatoms. The number of aliphatic hydroxyl groups excluding tert-OH is 1. The summed E-state index contributed by atoms with van der Waals surface area (Å²) in [5, 5.41) is 12.5. The molecule has 0 aliphatic carbocycles. The van der Waals surface area contributed by atoms with E-state index in [1.54, 1.807) is 0 Å². The van der Waals surface area contributed by atoms with Crippen molar-refractivity contribution in [2.24, 2.45) is 0 Å². The van der Waals surface area contributed by atoms with Crippen LogP contribution in [-0.4, -0.2) is 5.11 Å². The van der Waals surface area contributed by atoms with Gasteiger partial charge in [-0.2, -0.15) is 0 Å². The third kappa shape index (κ3) is 2.85. The van der Waals surface area contributed by atoms with Crippen molar-refractivity contribution in [1.82, 2.24) is 0 Å². The Morgan fingerprint density at radius 3 is 2.56 bits per heavy atom. The Morgan fingerprint density at radius 2 is 2.00 bits per heavy atom. The number of benzene rings is 1. The van der Waals surface area contributed by atoms with E-state index in [2.05, 4.69) is 19.1 Å². The molecule has 1 unspecified atom stereocenters. The fraction of sp³-hybridized carbons (Fsp3) is 0.231. The zero-order valence-corrected chi connectivity index (χ0v) is 10.6. The lowest BCUT2D eigenvalue weighted by Crippen LogP contribution is -1.99. The van der Waals surface area contributed by atoms with E-state index in [0.29, 0.717) is 11.4 Å². The van der Waals surface area contributed by atoms with Gasteiger partial charge in [-0.3, -0.25) is 0 Å². The highest BCUT2D eigenvalue weighted by atomic mass is 35.5. The molecule has 1 atom stereocenters. The Labute approximate surface area is 104 Å². The van der Waals surface area contributed by atoms with Crippen LogP contribution in [0.3, 0.4) is 0 Å². The van der Waals surface area contributed by atoms with Crippen molar-refractivity contribution < 1.29 is 5.11 Å². The fourth-order valence-electron chi connectivity index (χ4n) is 1.55. The van der Waals surface area contributed by atoms with Gasteiger partial charge in [-0.15, -0.1) is 11.3 Å². The molecule has 0 bridgehead atoms. The summed E-state index contributed by atoms with van der Waals surface area (Å²) in [6.45, 7) is 2.05. The molecule has 0 aliphatic rings. The third-order valence-corrected chi connectivity index (χ3v) is 3.85. The number of halogens is 1. The molecule has 16 heavy (non-hydrogen) atoms. The summed E-state index contributed by atoms with van der Waals surface area (Å²) in [5.74, 6) is 0. The highest BCUT2D eigenvalue weighted by Gasteiger charge is 2.10. The normalized spacial score (nSPS) is 12.7. The Hall–Kier alpha value is -0.830. The van der Waals surface area contributed by atoms with Gasteiger partial charge in [-0.05, 0) is 18.6 Å². The Kier molecular flexibility index (Phi) is 3.64. The van der Waals surface area contributed by atoms with Crippen molar-refractivity contribution in [3.8, 4) is 0 Å². The van der Waals surface area contributed by atoms with E-state index in [1.165, 1.54) is 16.9 Å². The lowest BCUT2D eigenvalue weighted by Gasteiger charge is -2.08. The predicted octanol–water partition coefficient (Wildman–Crippen LogP) is 3.99. The maximum absolute atomic E-state index is 10.0. The van der Waals surface area contributed by atoms with Crippen LogP contribution >= 0.6 is 22.9 Å². The Balaban J connectivity index is 2.07. The molecule has 0 fully saturated rings. The van der Waals surface area contributed by atoms with Gasteiger partial charge in [-0.1, -0.05) is 41.4 Å². The zero-order valence-electron chi connectivity index (χ0n) is 8.98. The molecule has 84 valence electrons. The average Bonchev–Trinajstić information content (AvgIpc) is 2.68. The van der Waals surface area contributed by atoms with E-state index in [1.807, 2.05) is 23.6 Å². The van der Waals surface area contributed by atoms with Crippen LogP contribution in [0.1, 0.15) is 22.1 Å². The number of rotatable bonds is 3. The molecule has 1 N–H and O–H groups in total. The number of hydrogen-bond donors (Lipinski definition) is 1. The smallest absolute Gasteiger partial charge is 0.0922 e. The van der Waals surface area contributed by atoms with Crippen LogP contribution in [0.15, 0.2) is 35.7 Å². The quantitative estimate of drug-likeness (QED) is 0.876. The van der Waals surface area contributed by atoms with Gasteiger partial charge in [0.1, 0.15) is 0 Å². The van der Waals surface area contributed by atoms with Crippen molar-refractivity contribution in [2.75, 3.05) is 0 Å². The van der Waals surface area contributed by atoms with E-state index < -0.39 is 6.10 Å². The first-order valence-corrected chi connectivity index (χ1v) is 6.38. The van der Waals surface area contributed by atoms with Gasteiger partial charge in [0.05, 0.1) is 11.1 Å². The minimum Gasteiger partial charge on any atom is -0.387 e. The second-order valence-corrected chi connectivity index (χ2v) is 5.25. The topological polar surface area (TPSA) is 20.2 Å². The predicted molar refractivity (Wildman–Crippen MR) is 69.2 cm³/mol. The van der Waals surface area contributed by atoms with Crippen molar-refractivity contribution in [3.05, 3.63) is 56.7 Å². The van der Waals surface area contributed by atoms with Crippen molar-refractivity contribution in [2.45, 2.75) is 19.4 Å². The van der Waals surface area contributed by atoms with E-state index in [9.17, 15) is 5.11 Å². The third-order valence-electron chi connectivity index (χ3n) is 2.47. The van der Waals surface area contributed by atoms with Crippen LogP contribution in [0, 0.1) is 6.92 Å². The average molecular weight is 253 g/mol. The molecule has 2 rings (SSSR count). The van der Waals surface area contributed by atoms with Crippen LogP contribution in [0.4, 0.5) is 0 Å². The molecule has 1 aromatic carbocycles. The van der Waals surface area contributed by atoms with Crippen molar-refractivity contribution >= 4 is 22.9 Å². The monoisotopic (exact) mass is 252 g/mol. The molecule has 0 saturated carbocycles. The zero-order chi connectivity index (χ0) is 11.5. The Morgan fingerprint density at radius 1 is 1.31 bits per heavy atom. The maximum atomic E-state index is 10.0. The van der Waals surface area contributed by atoms with Crippen molar-refractivity contribution in [3.63, 3.8) is 0 Å². The molecular formula is C13H13ClOS. The highest BCUT2D eigenvalue weighted by molar-refractivity contribution is 7.10. The first-order chi connectivity index (χ1) is 7.65. The molecule has 1 nitrogen and oxygen atoms in total. The largest absolute Gasteiger partial charge is 0.387 e. The first kappa shape index (κ1) is 11.6. The molecule has 0 amide bonds. The van der Waals surface area contributed by atoms with Gasteiger partial charge < -0.3 is 5.11 Å².